The van der Waals surface area contributed by atoms with E-state index in [1.165, 1.54) is 0 Å². The van der Waals surface area contributed by atoms with Crippen LogP contribution in [-0.4, -0.2) is 34.6 Å². The lowest BCUT2D eigenvalue weighted by molar-refractivity contribution is -0.122. The molecule has 19 heavy (non-hydrogen) atoms. The molecule has 0 radical (unpaired) electrons. The van der Waals surface area contributed by atoms with Gasteiger partial charge in [0.25, 0.3) is 0 Å². The first kappa shape index (κ1) is 15.2. The highest BCUT2D eigenvalue weighted by atomic mass is 16.5. The van der Waals surface area contributed by atoms with Crippen LogP contribution < -0.4 is 15.4 Å². The van der Waals surface area contributed by atoms with Crippen molar-refractivity contribution < 1.29 is 9.53 Å². The van der Waals surface area contributed by atoms with Gasteiger partial charge in [0.15, 0.2) is 0 Å². The third kappa shape index (κ3) is 5.54. The smallest absolute Gasteiger partial charge is 0.242 e. The first-order valence-corrected chi connectivity index (χ1v) is 6.55. The fourth-order valence-electron chi connectivity index (χ4n) is 1.37. The van der Waals surface area contributed by atoms with Crippen molar-refractivity contribution in [1.29, 1.82) is 0 Å². The maximum Gasteiger partial charge on any atom is 0.242 e. The number of carbonyl (C=O) groups is 1. The summed E-state index contributed by atoms with van der Waals surface area (Å²) in [4.78, 5) is 20.0. The summed E-state index contributed by atoms with van der Waals surface area (Å²) in [5.41, 5.74) is 0. The minimum atomic E-state index is -0.399. The molecule has 2 N–H and O–H groups in total. The standard InChI is InChI=1S/C13H22N4O2/c1-5-8-19-11-6-7-14-13(17-11)16-10(4)12(18)15-9(2)3/h6-7,9-10H,5,8H2,1-4H3,(H,15,18)(H,14,16,17). The summed E-state index contributed by atoms with van der Waals surface area (Å²) in [7, 11) is 0. The summed E-state index contributed by atoms with van der Waals surface area (Å²) in [6.45, 7) is 8.24. The van der Waals surface area contributed by atoms with Gasteiger partial charge >= 0.3 is 0 Å². The summed E-state index contributed by atoms with van der Waals surface area (Å²) in [5, 5.41) is 5.77. The lowest BCUT2D eigenvalue weighted by Crippen LogP contribution is -2.41. The number of nitrogens with zero attached hydrogens (tertiary/aromatic N) is 2. The van der Waals surface area contributed by atoms with E-state index in [2.05, 4.69) is 20.6 Å². The van der Waals surface area contributed by atoms with Crippen molar-refractivity contribution in [3.63, 3.8) is 0 Å². The Labute approximate surface area is 114 Å². The van der Waals surface area contributed by atoms with Gasteiger partial charge in [-0.05, 0) is 27.2 Å². The molecule has 1 aromatic heterocycles. The monoisotopic (exact) mass is 266 g/mol. The van der Waals surface area contributed by atoms with Gasteiger partial charge in [-0.2, -0.15) is 4.98 Å². The molecule has 0 fully saturated rings. The predicted molar refractivity (Wildman–Crippen MR) is 74.2 cm³/mol. The number of ether oxygens (including phenoxy) is 1. The van der Waals surface area contributed by atoms with Crippen molar-refractivity contribution in [2.24, 2.45) is 0 Å². The van der Waals surface area contributed by atoms with Gasteiger partial charge in [-0.3, -0.25) is 4.79 Å². The molecular weight excluding hydrogens is 244 g/mol. The zero-order chi connectivity index (χ0) is 14.3. The van der Waals surface area contributed by atoms with Gasteiger partial charge in [-0.1, -0.05) is 6.92 Å². The van der Waals surface area contributed by atoms with Crippen LogP contribution in [0.15, 0.2) is 12.3 Å². The van der Waals surface area contributed by atoms with E-state index in [-0.39, 0.29) is 11.9 Å². The van der Waals surface area contributed by atoms with E-state index < -0.39 is 6.04 Å². The third-order valence-corrected chi connectivity index (χ3v) is 2.25. The molecule has 1 atom stereocenters. The molecule has 106 valence electrons. The van der Waals surface area contributed by atoms with Crippen LogP contribution in [-0.2, 0) is 4.79 Å². The number of hydrogen-bond donors (Lipinski definition) is 2. The summed E-state index contributed by atoms with van der Waals surface area (Å²) in [6, 6.07) is 1.40. The Balaban J connectivity index is 2.58. The quantitative estimate of drug-likeness (QED) is 0.783. The number of anilines is 1. The van der Waals surface area contributed by atoms with E-state index >= 15 is 0 Å². The molecule has 0 saturated carbocycles. The molecule has 1 unspecified atom stereocenters. The van der Waals surface area contributed by atoms with Gasteiger partial charge in [0, 0.05) is 18.3 Å². The minimum absolute atomic E-state index is 0.0847. The minimum Gasteiger partial charge on any atom is -0.478 e. The fraction of sp³-hybridized carbons (Fsp3) is 0.615. The first-order valence-electron chi connectivity index (χ1n) is 6.55. The van der Waals surface area contributed by atoms with Gasteiger partial charge in [0.05, 0.1) is 6.61 Å². The van der Waals surface area contributed by atoms with E-state index in [9.17, 15) is 4.79 Å². The first-order chi connectivity index (χ1) is 9.02. The van der Waals surface area contributed by atoms with E-state index in [1.54, 1.807) is 19.2 Å². The van der Waals surface area contributed by atoms with Crippen molar-refractivity contribution in [1.82, 2.24) is 15.3 Å². The molecule has 6 nitrogen and oxygen atoms in total. The van der Waals surface area contributed by atoms with Crippen molar-refractivity contribution in [3.8, 4) is 5.88 Å². The Morgan fingerprint density at radius 2 is 2.16 bits per heavy atom. The molecule has 0 aliphatic carbocycles. The average molecular weight is 266 g/mol. The molecule has 0 aliphatic heterocycles. The fourth-order valence-corrected chi connectivity index (χ4v) is 1.37. The van der Waals surface area contributed by atoms with Crippen molar-refractivity contribution in [2.75, 3.05) is 11.9 Å². The van der Waals surface area contributed by atoms with Crippen molar-refractivity contribution >= 4 is 11.9 Å². The van der Waals surface area contributed by atoms with E-state index in [0.29, 0.717) is 18.4 Å². The number of nitrogens with one attached hydrogen (secondary N) is 2. The summed E-state index contributed by atoms with van der Waals surface area (Å²) in [5.74, 6) is 0.814. The second-order valence-corrected chi connectivity index (χ2v) is 4.60. The molecule has 0 spiro atoms. The van der Waals surface area contributed by atoms with E-state index in [4.69, 9.17) is 4.74 Å². The molecule has 0 aromatic carbocycles. The second kappa shape index (κ2) is 7.56. The van der Waals surface area contributed by atoms with Gasteiger partial charge in [0.2, 0.25) is 17.7 Å². The molecule has 0 saturated heterocycles. The lowest BCUT2D eigenvalue weighted by atomic mass is 10.3. The highest BCUT2D eigenvalue weighted by Crippen LogP contribution is 2.09. The number of rotatable bonds is 7. The summed E-state index contributed by atoms with van der Waals surface area (Å²) >= 11 is 0. The Kier molecular flexibility index (Phi) is 6.05. The molecule has 0 bridgehead atoms. The SMILES string of the molecule is CCCOc1ccnc(NC(C)C(=O)NC(C)C)n1. The van der Waals surface area contributed by atoms with Gasteiger partial charge in [-0.15, -0.1) is 0 Å². The molecule has 6 heteroatoms. The average Bonchev–Trinajstić information content (AvgIpc) is 2.36. The van der Waals surface area contributed by atoms with Crippen LogP contribution in [0, 0.1) is 0 Å². The number of amides is 1. The highest BCUT2D eigenvalue weighted by molar-refractivity contribution is 5.83. The molecule has 0 aliphatic rings. The summed E-state index contributed by atoms with van der Waals surface area (Å²) in [6.07, 6.45) is 2.52. The Morgan fingerprint density at radius 3 is 2.79 bits per heavy atom. The Hall–Kier alpha value is -1.85. The van der Waals surface area contributed by atoms with Crippen molar-refractivity contribution in [2.45, 2.75) is 46.2 Å². The zero-order valence-corrected chi connectivity index (χ0v) is 11.9. The Bertz CT molecular complexity index is 409. The van der Waals surface area contributed by atoms with Crippen LogP contribution in [0.2, 0.25) is 0 Å². The molecule has 1 heterocycles. The van der Waals surface area contributed by atoms with Crippen LogP contribution >= 0.6 is 0 Å². The van der Waals surface area contributed by atoms with Crippen LogP contribution in [0.25, 0.3) is 0 Å². The number of aromatic nitrogens is 2. The largest absolute Gasteiger partial charge is 0.478 e. The number of hydrogen-bond acceptors (Lipinski definition) is 5. The maximum absolute atomic E-state index is 11.8. The maximum atomic E-state index is 11.8. The second-order valence-electron chi connectivity index (χ2n) is 4.60. The third-order valence-electron chi connectivity index (χ3n) is 2.25. The molecule has 1 amide bonds. The zero-order valence-electron chi connectivity index (χ0n) is 11.9. The van der Waals surface area contributed by atoms with Gasteiger partial charge in [0.1, 0.15) is 6.04 Å². The highest BCUT2D eigenvalue weighted by Gasteiger charge is 2.14. The van der Waals surface area contributed by atoms with Crippen LogP contribution in [0.3, 0.4) is 0 Å². The molecule has 1 rings (SSSR count). The number of carbonyl (C=O) groups excluding carboxylic acids is 1. The Morgan fingerprint density at radius 1 is 1.42 bits per heavy atom. The van der Waals surface area contributed by atoms with Crippen molar-refractivity contribution in [3.05, 3.63) is 12.3 Å². The van der Waals surface area contributed by atoms with E-state index in [0.717, 1.165) is 6.42 Å². The predicted octanol–water partition coefficient (Wildman–Crippen LogP) is 1.59. The molecule has 1 aromatic rings. The van der Waals surface area contributed by atoms with Crippen LogP contribution in [0.5, 0.6) is 5.88 Å². The molecular formula is C13H22N4O2. The lowest BCUT2D eigenvalue weighted by Gasteiger charge is -2.16. The van der Waals surface area contributed by atoms with E-state index in [1.807, 2.05) is 20.8 Å². The normalized spacial score (nSPS) is 12.1. The summed E-state index contributed by atoms with van der Waals surface area (Å²) < 4.78 is 5.41. The van der Waals surface area contributed by atoms with Crippen LogP contribution in [0.1, 0.15) is 34.1 Å². The van der Waals surface area contributed by atoms with Gasteiger partial charge in [-0.25, -0.2) is 4.98 Å². The van der Waals surface area contributed by atoms with Crippen LogP contribution in [0.4, 0.5) is 5.95 Å². The van der Waals surface area contributed by atoms with Gasteiger partial charge < -0.3 is 15.4 Å². The topological polar surface area (TPSA) is 76.1 Å².